The van der Waals surface area contributed by atoms with Gasteiger partial charge >= 0.3 is 0 Å². The third-order valence-corrected chi connectivity index (χ3v) is 5.64. The smallest absolute Gasteiger partial charge is 0.255 e. The molecule has 5 heteroatoms. The summed E-state index contributed by atoms with van der Waals surface area (Å²) in [5.74, 6) is -0.296. The Kier molecular flexibility index (Phi) is 6.43. The number of nitrogens with one attached hydrogen (secondary N) is 2. The first-order chi connectivity index (χ1) is 15.1. The molecule has 4 rings (SSSR count). The van der Waals surface area contributed by atoms with Crippen LogP contribution in [0.2, 0.25) is 0 Å². The van der Waals surface area contributed by atoms with Crippen LogP contribution < -0.4 is 10.6 Å². The van der Waals surface area contributed by atoms with Crippen molar-refractivity contribution >= 4 is 17.5 Å². The molecule has 1 heterocycles. The number of carbonyl (C=O) groups excluding carboxylic acids is 2. The SMILES string of the molecule is Cc1ccc(C(=O)NC2CCN(Cc3ccccc3)C2)cc1NC(=O)c1ccccc1. The molecule has 1 unspecified atom stereocenters. The molecule has 0 aromatic heterocycles. The lowest BCUT2D eigenvalue weighted by Gasteiger charge is -2.17. The van der Waals surface area contributed by atoms with Crippen LogP contribution in [0.25, 0.3) is 0 Å². The fraction of sp³-hybridized carbons (Fsp3) is 0.231. The van der Waals surface area contributed by atoms with Gasteiger partial charge in [0.15, 0.2) is 0 Å². The minimum atomic E-state index is -0.186. The van der Waals surface area contributed by atoms with E-state index in [-0.39, 0.29) is 17.9 Å². The first kappa shape index (κ1) is 20.8. The fourth-order valence-electron chi connectivity index (χ4n) is 3.89. The molecule has 158 valence electrons. The maximum absolute atomic E-state index is 12.8. The van der Waals surface area contributed by atoms with Gasteiger partial charge in [0.2, 0.25) is 0 Å². The van der Waals surface area contributed by atoms with Gasteiger partial charge in [0, 0.05) is 42.5 Å². The monoisotopic (exact) mass is 413 g/mol. The Bertz CT molecular complexity index is 1050. The quantitative estimate of drug-likeness (QED) is 0.635. The van der Waals surface area contributed by atoms with Gasteiger partial charge in [-0.15, -0.1) is 0 Å². The Morgan fingerprint density at radius 2 is 1.61 bits per heavy atom. The summed E-state index contributed by atoms with van der Waals surface area (Å²) in [6.45, 7) is 4.62. The molecular formula is C26H27N3O2. The molecule has 5 nitrogen and oxygen atoms in total. The number of likely N-dealkylation sites (tertiary alicyclic amines) is 1. The van der Waals surface area contributed by atoms with Crippen LogP contribution in [0.15, 0.2) is 78.9 Å². The first-order valence-electron chi connectivity index (χ1n) is 10.6. The van der Waals surface area contributed by atoms with Crippen molar-refractivity contribution in [2.24, 2.45) is 0 Å². The molecule has 0 spiro atoms. The molecule has 0 aliphatic carbocycles. The zero-order valence-corrected chi connectivity index (χ0v) is 17.7. The molecule has 0 bridgehead atoms. The number of aryl methyl sites for hydroxylation is 1. The van der Waals surface area contributed by atoms with E-state index in [1.807, 2.05) is 37.3 Å². The number of hydrogen-bond donors (Lipinski definition) is 2. The molecule has 2 amide bonds. The molecule has 1 aliphatic heterocycles. The zero-order valence-electron chi connectivity index (χ0n) is 17.7. The lowest BCUT2D eigenvalue weighted by Crippen LogP contribution is -2.37. The van der Waals surface area contributed by atoms with Gasteiger partial charge in [-0.2, -0.15) is 0 Å². The highest BCUT2D eigenvalue weighted by molar-refractivity contribution is 6.05. The van der Waals surface area contributed by atoms with Crippen LogP contribution in [0, 0.1) is 6.92 Å². The Labute approximate surface area is 183 Å². The Balaban J connectivity index is 1.37. The van der Waals surface area contributed by atoms with E-state index in [0.717, 1.165) is 31.6 Å². The Morgan fingerprint density at radius 3 is 2.35 bits per heavy atom. The topological polar surface area (TPSA) is 61.4 Å². The van der Waals surface area contributed by atoms with Crippen LogP contribution in [0.1, 0.15) is 38.3 Å². The van der Waals surface area contributed by atoms with E-state index in [9.17, 15) is 9.59 Å². The normalized spacial score (nSPS) is 16.1. The van der Waals surface area contributed by atoms with Crippen LogP contribution >= 0.6 is 0 Å². The highest BCUT2D eigenvalue weighted by atomic mass is 16.2. The average Bonchev–Trinajstić information content (AvgIpc) is 3.23. The summed E-state index contributed by atoms with van der Waals surface area (Å²) in [6, 6.07) is 25.0. The molecular weight excluding hydrogens is 386 g/mol. The average molecular weight is 414 g/mol. The molecule has 3 aromatic carbocycles. The van der Waals surface area contributed by atoms with Crippen LogP contribution in [0.3, 0.4) is 0 Å². The van der Waals surface area contributed by atoms with Crippen LogP contribution in [-0.2, 0) is 6.54 Å². The molecule has 1 saturated heterocycles. The summed E-state index contributed by atoms with van der Waals surface area (Å²) in [4.78, 5) is 27.7. The highest BCUT2D eigenvalue weighted by Crippen LogP contribution is 2.19. The zero-order chi connectivity index (χ0) is 21.6. The van der Waals surface area contributed by atoms with Crippen LogP contribution in [0.5, 0.6) is 0 Å². The van der Waals surface area contributed by atoms with Crippen molar-refractivity contribution in [3.8, 4) is 0 Å². The summed E-state index contributed by atoms with van der Waals surface area (Å²) in [7, 11) is 0. The van der Waals surface area contributed by atoms with Gasteiger partial charge in [-0.25, -0.2) is 0 Å². The van der Waals surface area contributed by atoms with Gasteiger partial charge in [-0.3, -0.25) is 14.5 Å². The molecule has 1 aliphatic rings. The van der Waals surface area contributed by atoms with Gasteiger partial charge in [0.1, 0.15) is 0 Å². The summed E-state index contributed by atoms with van der Waals surface area (Å²) in [6.07, 6.45) is 0.933. The van der Waals surface area contributed by atoms with Crippen molar-refractivity contribution in [1.82, 2.24) is 10.2 Å². The van der Waals surface area contributed by atoms with E-state index in [4.69, 9.17) is 0 Å². The van der Waals surface area contributed by atoms with Crippen molar-refractivity contribution in [2.75, 3.05) is 18.4 Å². The molecule has 0 saturated carbocycles. The van der Waals surface area contributed by atoms with Gasteiger partial charge in [-0.05, 0) is 48.7 Å². The van der Waals surface area contributed by atoms with Gasteiger partial charge < -0.3 is 10.6 Å². The number of benzene rings is 3. The van der Waals surface area contributed by atoms with Gasteiger partial charge in [0.25, 0.3) is 11.8 Å². The van der Waals surface area contributed by atoms with E-state index in [1.165, 1.54) is 5.56 Å². The second-order valence-corrected chi connectivity index (χ2v) is 8.03. The van der Waals surface area contributed by atoms with Gasteiger partial charge in [-0.1, -0.05) is 54.6 Å². The molecule has 0 radical (unpaired) electrons. The molecule has 2 N–H and O–H groups in total. The third-order valence-electron chi connectivity index (χ3n) is 5.64. The van der Waals surface area contributed by atoms with E-state index in [2.05, 4.69) is 39.8 Å². The summed E-state index contributed by atoms with van der Waals surface area (Å²) < 4.78 is 0. The van der Waals surface area contributed by atoms with Gasteiger partial charge in [0.05, 0.1) is 0 Å². The van der Waals surface area contributed by atoms with Crippen LogP contribution in [-0.4, -0.2) is 35.8 Å². The summed E-state index contributed by atoms with van der Waals surface area (Å²) in [5.41, 5.74) is 3.98. The van der Waals surface area contributed by atoms with E-state index < -0.39 is 0 Å². The highest BCUT2D eigenvalue weighted by Gasteiger charge is 2.24. The second kappa shape index (κ2) is 9.58. The molecule has 31 heavy (non-hydrogen) atoms. The fourth-order valence-corrected chi connectivity index (χ4v) is 3.89. The summed E-state index contributed by atoms with van der Waals surface area (Å²) in [5, 5.41) is 6.07. The lowest BCUT2D eigenvalue weighted by molar-refractivity contribution is 0.0936. The maximum atomic E-state index is 12.8. The van der Waals surface area contributed by atoms with E-state index in [0.29, 0.717) is 16.8 Å². The molecule has 1 fully saturated rings. The number of carbonyl (C=O) groups is 2. The number of nitrogens with zero attached hydrogens (tertiary/aromatic N) is 1. The van der Waals surface area contributed by atoms with Crippen molar-refractivity contribution < 1.29 is 9.59 Å². The van der Waals surface area contributed by atoms with E-state index in [1.54, 1.807) is 24.3 Å². The van der Waals surface area contributed by atoms with Crippen molar-refractivity contribution in [2.45, 2.75) is 25.9 Å². The number of amides is 2. The second-order valence-electron chi connectivity index (χ2n) is 8.03. The molecule has 1 atom stereocenters. The number of rotatable bonds is 6. The first-order valence-corrected chi connectivity index (χ1v) is 10.6. The minimum absolute atomic E-state index is 0.109. The van der Waals surface area contributed by atoms with Crippen molar-refractivity contribution in [1.29, 1.82) is 0 Å². The number of hydrogen-bond acceptors (Lipinski definition) is 3. The third kappa shape index (κ3) is 5.38. The van der Waals surface area contributed by atoms with Crippen molar-refractivity contribution in [3.05, 3.63) is 101 Å². The lowest BCUT2D eigenvalue weighted by atomic mass is 10.1. The predicted octanol–water partition coefficient (Wildman–Crippen LogP) is 4.25. The van der Waals surface area contributed by atoms with E-state index >= 15 is 0 Å². The predicted molar refractivity (Wildman–Crippen MR) is 123 cm³/mol. The van der Waals surface area contributed by atoms with Crippen LogP contribution in [0.4, 0.5) is 5.69 Å². The number of anilines is 1. The maximum Gasteiger partial charge on any atom is 0.255 e. The summed E-state index contributed by atoms with van der Waals surface area (Å²) >= 11 is 0. The minimum Gasteiger partial charge on any atom is -0.348 e. The Hall–Kier alpha value is -3.44. The largest absolute Gasteiger partial charge is 0.348 e. The van der Waals surface area contributed by atoms with Crippen molar-refractivity contribution in [3.63, 3.8) is 0 Å². The Morgan fingerprint density at radius 1 is 0.903 bits per heavy atom. The molecule has 3 aromatic rings. The standard InChI is InChI=1S/C26H27N3O2/c1-19-12-13-22(16-24(19)28-25(30)21-10-6-3-7-11-21)26(31)27-23-14-15-29(18-23)17-20-8-4-2-5-9-20/h2-13,16,23H,14-15,17-18H2,1H3,(H,27,31)(H,28,30).